The summed E-state index contributed by atoms with van der Waals surface area (Å²) in [6.45, 7) is 6.67. The van der Waals surface area contributed by atoms with Gasteiger partial charge in [0, 0.05) is 30.9 Å². The maximum Gasteiger partial charge on any atom is 0.137 e. The zero-order valence-electron chi connectivity index (χ0n) is 11.4. The Morgan fingerprint density at radius 1 is 1.26 bits per heavy atom. The zero-order chi connectivity index (χ0) is 13.8. The molecule has 2 rings (SSSR count). The third kappa shape index (κ3) is 3.20. The second-order valence-electron chi connectivity index (χ2n) is 4.41. The lowest BCUT2D eigenvalue weighted by molar-refractivity contribution is 0.921. The third-order valence-corrected chi connectivity index (χ3v) is 3.41. The number of hydrogen-bond acceptors (Lipinski definition) is 4. The minimum Gasteiger partial charge on any atom is -0.366 e. The summed E-state index contributed by atoms with van der Waals surface area (Å²) in [5.41, 5.74) is 3.23. The summed E-state index contributed by atoms with van der Waals surface area (Å²) in [6, 6.07) is 1.99. The van der Waals surface area contributed by atoms with E-state index < -0.39 is 0 Å². The fourth-order valence-electron chi connectivity index (χ4n) is 1.72. The fraction of sp³-hybridized carbons (Fsp3) is 0.357. The fourth-order valence-corrected chi connectivity index (χ4v) is 1.91. The average Bonchev–Trinajstić information content (AvgIpc) is 2.42. The van der Waals surface area contributed by atoms with Crippen LogP contribution in [0.5, 0.6) is 0 Å². The number of nitrogens with zero attached hydrogens (tertiary/aromatic N) is 3. The van der Waals surface area contributed by atoms with Gasteiger partial charge in [-0.25, -0.2) is 9.97 Å². The summed E-state index contributed by atoms with van der Waals surface area (Å²) in [6.07, 6.45) is 4.42. The molecule has 0 saturated heterocycles. The Morgan fingerprint density at radius 3 is 2.74 bits per heavy atom. The second-order valence-corrected chi connectivity index (χ2v) is 4.77. The van der Waals surface area contributed by atoms with E-state index >= 15 is 0 Å². The Kier molecular flexibility index (Phi) is 4.32. The Hall–Kier alpha value is -1.68. The molecule has 0 aromatic carbocycles. The van der Waals surface area contributed by atoms with Crippen LogP contribution in [0.1, 0.15) is 29.4 Å². The summed E-state index contributed by atoms with van der Waals surface area (Å²) < 4.78 is 0. The van der Waals surface area contributed by atoms with Gasteiger partial charge in [-0.15, -0.1) is 0 Å². The van der Waals surface area contributed by atoms with E-state index in [9.17, 15) is 0 Å². The lowest BCUT2D eigenvalue weighted by Gasteiger charge is -2.12. The highest BCUT2D eigenvalue weighted by Crippen LogP contribution is 2.20. The molecule has 0 aliphatic carbocycles. The standard InChI is InChI=1S/C14H17ClN4/c1-4-12-18-13(15)10(3)14(19-12)17-8-11-7-16-6-5-9(11)2/h5-7H,4,8H2,1-3H3,(H,17,18,19). The van der Waals surface area contributed by atoms with Gasteiger partial charge in [-0.3, -0.25) is 4.98 Å². The predicted molar refractivity (Wildman–Crippen MR) is 77.5 cm³/mol. The maximum absolute atomic E-state index is 6.11. The van der Waals surface area contributed by atoms with E-state index in [0.29, 0.717) is 11.7 Å². The van der Waals surface area contributed by atoms with Crippen LogP contribution in [0, 0.1) is 13.8 Å². The van der Waals surface area contributed by atoms with Gasteiger partial charge in [-0.05, 0) is 31.0 Å². The molecule has 0 amide bonds. The predicted octanol–water partition coefficient (Wildman–Crippen LogP) is 3.32. The Bertz CT molecular complexity index is 584. The number of nitrogens with one attached hydrogen (secondary N) is 1. The van der Waals surface area contributed by atoms with Crippen molar-refractivity contribution in [3.05, 3.63) is 46.1 Å². The van der Waals surface area contributed by atoms with Crippen LogP contribution >= 0.6 is 11.6 Å². The smallest absolute Gasteiger partial charge is 0.137 e. The van der Waals surface area contributed by atoms with Gasteiger partial charge < -0.3 is 5.32 Å². The average molecular weight is 277 g/mol. The molecular formula is C14H17ClN4. The Morgan fingerprint density at radius 2 is 2.05 bits per heavy atom. The molecule has 4 nitrogen and oxygen atoms in total. The molecule has 2 aromatic heterocycles. The lowest BCUT2D eigenvalue weighted by Crippen LogP contribution is -2.08. The normalized spacial score (nSPS) is 10.5. The monoisotopic (exact) mass is 276 g/mol. The largest absolute Gasteiger partial charge is 0.366 e. The topological polar surface area (TPSA) is 50.7 Å². The van der Waals surface area contributed by atoms with Crippen LogP contribution in [0.4, 0.5) is 5.82 Å². The third-order valence-electron chi connectivity index (χ3n) is 3.04. The van der Waals surface area contributed by atoms with Crippen molar-refractivity contribution in [2.45, 2.75) is 33.7 Å². The molecule has 100 valence electrons. The molecule has 0 atom stereocenters. The van der Waals surface area contributed by atoms with Crippen LogP contribution in [0.15, 0.2) is 18.5 Å². The highest BCUT2D eigenvalue weighted by atomic mass is 35.5. The lowest BCUT2D eigenvalue weighted by atomic mass is 10.1. The van der Waals surface area contributed by atoms with Crippen molar-refractivity contribution in [2.24, 2.45) is 0 Å². The van der Waals surface area contributed by atoms with Crippen molar-refractivity contribution in [1.82, 2.24) is 15.0 Å². The number of hydrogen-bond donors (Lipinski definition) is 1. The van der Waals surface area contributed by atoms with Gasteiger partial charge in [0.2, 0.25) is 0 Å². The van der Waals surface area contributed by atoms with E-state index in [-0.39, 0.29) is 0 Å². The molecule has 0 aliphatic rings. The van der Waals surface area contributed by atoms with Gasteiger partial charge in [0.25, 0.3) is 0 Å². The molecule has 2 aromatic rings. The molecule has 2 heterocycles. The van der Waals surface area contributed by atoms with E-state index in [1.165, 1.54) is 5.56 Å². The van der Waals surface area contributed by atoms with Gasteiger partial charge in [0.05, 0.1) is 0 Å². The minimum atomic E-state index is 0.511. The maximum atomic E-state index is 6.11. The number of aryl methyl sites for hydroxylation is 2. The number of halogens is 1. The second kappa shape index (κ2) is 5.97. The number of pyridine rings is 1. The molecule has 5 heteroatoms. The number of rotatable bonds is 4. The van der Waals surface area contributed by atoms with Gasteiger partial charge >= 0.3 is 0 Å². The molecule has 0 saturated carbocycles. The van der Waals surface area contributed by atoms with E-state index in [0.717, 1.165) is 29.2 Å². The summed E-state index contributed by atoms with van der Waals surface area (Å²) >= 11 is 6.11. The van der Waals surface area contributed by atoms with Crippen molar-refractivity contribution in [3.63, 3.8) is 0 Å². The first kappa shape index (κ1) is 13.7. The van der Waals surface area contributed by atoms with Crippen molar-refractivity contribution in [1.29, 1.82) is 0 Å². The molecule has 0 bridgehead atoms. The van der Waals surface area contributed by atoms with Gasteiger partial charge in [-0.1, -0.05) is 18.5 Å². The molecule has 0 radical (unpaired) electrons. The summed E-state index contributed by atoms with van der Waals surface area (Å²) in [5, 5.41) is 3.82. The first-order valence-electron chi connectivity index (χ1n) is 6.28. The minimum absolute atomic E-state index is 0.511. The van der Waals surface area contributed by atoms with Crippen LogP contribution in [-0.2, 0) is 13.0 Å². The first-order chi connectivity index (χ1) is 9.11. The molecule has 0 fully saturated rings. The van der Waals surface area contributed by atoms with Crippen molar-refractivity contribution < 1.29 is 0 Å². The first-order valence-corrected chi connectivity index (χ1v) is 6.66. The van der Waals surface area contributed by atoms with E-state index in [2.05, 4.69) is 27.2 Å². The van der Waals surface area contributed by atoms with Gasteiger partial charge in [0.1, 0.15) is 16.8 Å². The summed E-state index contributed by atoms with van der Waals surface area (Å²) in [7, 11) is 0. The summed E-state index contributed by atoms with van der Waals surface area (Å²) in [5.74, 6) is 1.54. The number of aromatic nitrogens is 3. The van der Waals surface area contributed by atoms with Crippen LogP contribution in [0.25, 0.3) is 0 Å². The van der Waals surface area contributed by atoms with E-state index in [1.54, 1.807) is 6.20 Å². The van der Waals surface area contributed by atoms with Crippen LogP contribution < -0.4 is 5.32 Å². The van der Waals surface area contributed by atoms with Gasteiger partial charge in [-0.2, -0.15) is 0 Å². The van der Waals surface area contributed by atoms with Crippen molar-refractivity contribution in [3.8, 4) is 0 Å². The zero-order valence-corrected chi connectivity index (χ0v) is 12.1. The summed E-state index contributed by atoms with van der Waals surface area (Å²) in [4.78, 5) is 12.8. The molecule has 0 unspecified atom stereocenters. The number of anilines is 1. The highest BCUT2D eigenvalue weighted by molar-refractivity contribution is 6.30. The van der Waals surface area contributed by atoms with E-state index in [4.69, 9.17) is 11.6 Å². The molecular weight excluding hydrogens is 260 g/mol. The quantitative estimate of drug-likeness (QED) is 0.871. The van der Waals surface area contributed by atoms with Crippen LogP contribution in [0.2, 0.25) is 5.15 Å². The molecule has 1 N–H and O–H groups in total. The molecule has 0 spiro atoms. The van der Waals surface area contributed by atoms with Gasteiger partial charge in [0.15, 0.2) is 0 Å². The van der Waals surface area contributed by atoms with Crippen LogP contribution in [-0.4, -0.2) is 15.0 Å². The van der Waals surface area contributed by atoms with Crippen molar-refractivity contribution in [2.75, 3.05) is 5.32 Å². The molecule has 19 heavy (non-hydrogen) atoms. The van der Waals surface area contributed by atoms with Crippen LogP contribution in [0.3, 0.4) is 0 Å². The van der Waals surface area contributed by atoms with Crippen molar-refractivity contribution >= 4 is 17.4 Å². The Labute approximate surface area is 118 Å². The molecule has 0 aliphatic heterocycles. The Balaban J connectivity index is 2.20. The highest BCUT2D eigenvalue weighted by Gasteiger charge is 2.08. The van der Waals surface area contributed by atoms with E-state index in [1.807, 2.05) is 26.1 Å². The SMILES string of the molecule is CCc1nc(Cl)c(C)c(NCc2cnccc2C)n1.